The fourth-order valence-corrected chi connectivity index (χ4v) is 5.24. The minimum atomic E-state index is -0.782. The summed E-state index contributed by atoms with van der Waals surface area (Å²) < 4.78 is 0. The second-order valence-electron chi connectivity index (χ2n) is 8.36. The van der Waals surface area contributed by atoms with Crippen molar-refractivity contribution in [3.63, 3.8) is 0 Å². The number of piperidine rings is 1. The van der Waals surface area contributed by atoms with Crippen LogP contribution in [0, 0.1) is 5.41 Å². The lowest BCUT2D eigenvalue weighted by Gasteiger charge is -2.52. The van der Waals surface area contributed by atoms with Crippen LogP contribution in [0.3, 0.4) is 0 Å². The van der Waals surface area contributed by atoms with E-state index in [1.165, 1.54) is 0 Å². The summed E-state index contributed by atoms with van der Waals surface area (Å²) >= 11 is 0. The number of rotatable bonds is 3. The number of hydrogen-bond donors (Lipinski definition) is 1. The summed E-state index contributed by atoms with van der Waals surface area (Å²) in [6.07, 6.45) is 6.09. The largest absolute Gasteiger partial charge is 0.465 e. The van der Waals surface area contributed by atoms with Gasteiger partial charge in [-0.2, -0.15) is 0 Å². The fraction of sp³-hybridized carbons (Fsp3) is 0.650. The Kier molecular flexibility index (Phi) is 4.80. The van der Waals surface area contributed by atoms with Gasteiger partial charge in [-0.25, -0.2) is 9.78 Å². The van der Waals surface area contributed by atoms with Gasteiger partial charge in [0.15, 0.2) is 0 Å². The number of carbonyl (C=O) groups is 2. The first-order chi connectivity index (χ1) is 13.0. The summed E-state index contributed by atoms with van der Waals surface area (Å²) in [6.45, 7) is 4.98. The van der Waals surface area contributed by atoms with E-state index in [0.717, 1.165) is 51.0 Å². The van der Waals surface area contributed by atoms with Crippen LogP contribution in [0.15, 0.2) is 24.4 Å². The summed E-state index contributed by atoms with van der Waals surface area (Å²) in [6, 6.07) is 6.46. The highest BCUT2D eigenvalue weighted by Crippen LogP contribution is 2.50. The molecule has 0 unspecified atom stereocenters. The number of anilines is 1. The molecule has 1 aromatic heterocycles. The molecule has 7 nitrogen and oxygen atoms in total. The minimum absolute atomic E-state index is 0.0504. The first-order valence-corrected chi connectivity index (χ1v) is 9.90. The predicted octanol–water partition coefficient (Wildman–Crippen LogP) is 2.43. The van der Waals surface area contributed by atoms with E-state index in [-0.39, 0.29) is 17.4 Å². The van der Waals surface area contributed by atoms with Crippen LogP contribution in [0.1, 0.15) is 39.0 Å². The molecule has 3 aliphatic rings. The van der Waals surface area contributed by atoms with Crippen LogP contribution in [0.4, 0.5) is 10.6 Å². The number of nitrogens with zero attached hydrogens (tertiary/aromatic N) is 4. The van der Waals surface area contributed by atoms with Crippen molar-refractivity contribution in [3.8, 4) is 0 Å². The lowest BCUT2D eigenvalue weighted by molar-refractivity contribution is -0.117. The van der Waals surface area contributed by atoms with Gasteiger partial charge in [-0.05, 0) is 49.7 Å². The first-order valence-electron chi connectivity index (χ1n) is 9.90. The first kappa shape index (κ1) is 18.2. The molecule has 1 spiro atoms. The molecule has 1 aromatic rings. The molecule has 2 saturated heterocycles. The molecule has 0 bridgehead atoms. The van der Waals surface area contributed by atoms with Crippen molar-refractivity contribution in [2.75, 3.05) is 31.1 Å². The molecule has 0 aromatic carbocycles. The molecule has 146 valence electrons. The molecule has 1 saturated carbocycles. The minimum Gasteiger partial charge on any atom is -0.465 e. The van der Waals surface area contributed by atoms with Gasteiger partial charge in [0.05, 0.1) is 0 Å². The zero-order valence-electron chi connectivity index (χ0n) is 15.9. The van der Waals surface area contributed by atoms with Crippen LogP contribution in [0.2, 0.25) is 0 Å². The number of carboxylic acid groups (broad SMARTS) is 1. The zero-order valence-corrected chi connectivity index (χ0v) is 15.9. The van der Waals surface area contributed by atoms with E-state index in [1.54, 1.807) is 18.0 Å². The Bertz CT molecular complexity index is 696. The maximum Gasteiger partial charge on any atom is 0.407 e. The van der Waals surface area contributed by atoms with Gasteiger partial charge in [-0.15, -0.1) is 0 Å². The van der Waals surface area contributed by atoms with Gasteiger partial charge < -0.3 is 14.9 Å². The average Bonchev–Trinajstić information content (AvgIpc) is 3.08. The molecule has 1 N–H and O–H groups in total. The molecular formula is C20H28N4O3. The maximum atomic E-state index is 12.2. The quantitative estimate of drug-likeness (QED) is 0.882. The number of likely N-dealkylation sites (tertiary alicyclic amines) is 2. The third-order valence-corrected chi connectivity index (χ3v) is 6.66. The Balaban J connectivity index is 1.31. The van der Waals surface area contributed by atoms with Crippen molar-refractivity contribution in [2.24, 2.45) is 5.41 Å². The van der Waals surface area contributed by atoms with Gasteiger partial charge in [-0.3, -0.25) is 9.69 Å². The summed E-state index contributed by atoms with van der Waals surface area (Å²) in [5.74, 6) is 0.792. The number of amides is 2. The van der Waals surface area contributed by atoms with Crippen molar-refractivity contribution >= 4 is 17.8 Å². The molecule has 3 fully saturated rings. The monoisotopic (exact) mass is 372 g/mol. The van der Waals surface area contributed by atoms with Crippen molar-refractivity contribution in [1.82, 2.24) is 14.8 Å². The summed E-state index contributed by atoms with van der Waals surface area (Å²) in [5.41, 5.74) is 0.222. The van der Waals surface area contributed by atoms with Gasteiger partial charge in [0.2, 0.25) is 5.91 Å². The molecule has 27 heavy (non-hydrogen) atoms. The Morgan fingerprint density at radius 2 is 1.96 bits per heavy atom. The van der Waals surface area contributed by atoms with E-state index >= 15 is 0 Å². The number of hydrogen-bond acceptors (Lipinski definition) is 4. The Hall–Kier alpha value is -2.15. The topological polar surface area (TPSA) is 77.0 Å². The Morgan fingerprint density at radius 1 is 1.22 bits per heavy atom. The smallest absolute Gasteiger partial charge is 0.407 e. The number of carbonyl (C=O) groups excluding carboxylic acids is 1. The number of pyridine rings is 1. The van der Waals surface area contributed by atoms with E-state index in [0.29, 0.717) is 19.1 Å². The van der Waals surface area contributed by atoms with E-state index in [9.17, 15) is 14.7 Å². The third kappa shape index (κ3) is 3.52. The highest BCUT2D eigenvalue weighted by molar-refractivity contribution is 5.91. The molecule has 1 aliphatic carbocycles. The molecular weight excluding hydrogens is 344 g/mol. The molecule has 2 amide bonds. The van der Waals surface area contributed by atoms with E-state index in [1.807, 2.05) is 23.1 Å². The van der Waals surface area contributed by atoms with Crippen molar-refractivity contribution in [1.29, 1.82) is 0 Å². The van der Waals surface area contributed by atoms with E-state index < -0.39 is 6.09 Å². The van der Waals surface area contributed by atoms with Gasteiger partial charge in [0, 0.05) is 51.4 Å². The lowest BCUT2D eigenvalue weighted by atomic mass is 9.64. The van der Waals surface area contributed by atoms with Crippen LogP contribution < -0.4 is 4.90 Å². The van der Waals surface area contributed by atoms with Crippen LogP contribution in [0.25, 0.3) is 0 Å². The summed E-state index contributed by atoms with van der Waals surface area (Å²) in [7, 11) is 0. The van der Waals surface area contributed by atoms with Crippen LogP contribution >= 0.6 is 0 Å². The molecule has 2 aliphatic heterocycles. The van der Waals surface area contributed by atoms with Gasteiger partial charge >= 0.3 is 6.09 Å². The van der Waals surface area contributed by atoms with E-state index in [4.69, 9.17) is 0 Å². The molecule has 3 heterocycles. The van der Waals surface area contributed by atoms with Gasteiger partial charge in [0.1, 0.15) is 5.82 Å². The number of aromatic nitrogens is 1. The van der Waals surface area contributed by atoms with Crippen molar-refractivity contribution in [3.05, 3.63) is 24.4 Å². The second kappa shape index (κ2) is 7.11. The van der Waals surface area contributed by atoms with Crippen molar-refractivity contribution < 1.29 is 14.7 Å². The van der Waals surface area contributed by atoms with Crippen LogP contribution in [0.5, 0.6) is 0 Å². The third-order valence-electron chi connectivity index (χ3n) is 6.66. The van der Waals surface area contributed by atoms with E-state index in [2.05, 4.69) is 9.88 Å². The predicted molar refractivity (Wildman–Crippen MR) is 102 cm³/mol. The average molecular weight is 372 g/mol. The highest BCUT2D eigenvalue weighted by Gasteiger charge is 2.51. The summed E-state index contributed by atoms with van der Waals surface area (Å²) in [4.78, 5) is 33.7. The zero-order chi connectivity index (χ0) is 19.0. The molecule has 7 heteroatoms. The SMILES string of the molecule is CC(=O)N(c1ccccn1)C1CCN(C2CC3(CCN(C(=O)O)C3)C2)CC1. The molecule has 0 radical (unpaired) electrons. The van der Waals surface area contributed by atoms with Crippen LogP contribution in [-0.2, 0) is 4.79 Å². The second-order valence-corrected chi connectivity index (χ2v) is 8.36. The van der Waals surface area contributed by atoms with Crippen LogP contribution in [-0.4, -0.2) is 70.2 Å². The summed E-state index contributed by atoms with van der Waals surface area (Å²) in [5, 5.41) is 9.18. The maximum absolute atomic E-state index is 12.2. The lowest BCUT2D eigenvalue weighted by Crippen LogP contribution is -2.56. The normalized spacial score (nSPS) is 28.9. The molecule has 0 atom stereocenters. The van der Waals surface area contributed by atoms with Gasteiger partial charge in [-0.1, -0.05) is 6.07 Å². The van der Waals surface area contributed by atoms with Gasteiger partial charge in [0.25, 0.3) is 0 Å². The highest BCUT2D eigenvalue weighted by atomic mass is 16.4. The fourth-order valence-electron chi connectivity index (χ4n) is 5.24. The van der Waals surface area contributed by atoms with Crippen molar-refractivity contribution in [2.45, 2.75) is 51.1 Å². The Morgan fingerprint density at radius 3 is 2.52 bits per heavy atom. The molecule has 4 rings (SSSR count). The Labute approximate surface area is 160 Å². The standard InChI is InChI=1S/C20H28N4O3/c1-15(25)24(18-4-2-3-8-21-18)16-5-9-22(10-6-16)17-12-20(13-17)7-11-23(14-20)19(26)27/h2-4,8,16-17H,5-7,9-14H2,1H3,(H,26,27).